The molecule has 16 heavy (non-hydrogen) atoms. The molecule has 0 N–H and O–H groups in total. The fourth-order valence-electron chi connectivity index (χ4n) is 1.48. The number of hydrogen-bond donors (Lipinski definition) is 0. The number of fused-ring (bicyclic) bond motifs is 1. The van der Waals surface area contributed by atoms with Crippen LogP contribution in [0.15, 0.2) is 28.7 Å². The molecular weight excluding hydrogens is 224 g/mol. The summed E-state index contributed by atoms with van der Waals surface area (Å²) in [5.41, 5.74) is 0.684. The van der Waals surface area contributed by atoms with Gasteiger partial charge in [-0.1, -0.05) is 0 Å². The lowest BCUT2D eigenvalue weighted by atomic mass is 10.2. The Hall–Kier alpha value is -1.42. The van der Waals surface area contributed by atoms with Crippen LogP contribution >= 0.6 is 11.8 Å². The summed E-state index contributed by atoms with van der Waals surface area (Å²) in [5, 5.41) is 0.922. The van der Waals surface area contributed by atoms with Crippen LogP contribution < -0.4 is 4.74 Å². The van der Waals surface area contributed by atoms with Crippen molar-refractivity contribution in [1.82, 2.24) is 0 Å². The van der Waals surface area contributed by atoms with Crippen molar-refractivity contribution >= 4 is 28.5 Å². The average molecular weight is 236 g/mol. The fraction of sp³-hybridized carbons (Fsp3) is 0.250. The van der Waals surface area contributed by atoms with Gasteiger partial charge in [0.1, 0.15) is 11.3 Å². The Kier molecular flexibility index (Phi) is 3.19. The second kappa shape index (κ2) is 4.61. The summed E-state index contributed by atoms with van der Waals surface area (Å²) in [6, 6.07) is 7.28. The van der Waals surface area contributed by atoms with Crippen molar-refractivity contribution < 1.29 is 13.9 Å². The summed E-state index contributed by atoms with van der Waals surface area (Å²) in [4.78, 5) is 11.6. The minimum Gasteiger partial charge on any atom is -0.497 e. The van der Waals surface area contributed by atoms with Crippen molar-refractivity contribution in [2.45, 2.75) is 0 Å². The number of ether oxygens (including phenoxy) is 1. The van der Waals surface area contributed by atoms with Gasteiger partial charge in [-0.2, -0.15) is 11.8 Å². The number of methoxy groups -OCH3 is 1. The molecule has 2 rings (SSSR count). The van der Waals surface area contributed by atoms with Crippen LogP contribution in [0.2, 0.25) is 0 Å². The molecule has 1 heterocycles. The number of rotatable bonds is 4. The van der Waals surface area contributed by atoms with Gasteiger partial charge in [0.15, 0.2) is 5.76 Å². The molecule has 0 saturated heterocycles. The summed E-state index contributed by atoms with van der Waals surface area (Å²) in [5.74, 6) is 1.60. The van der Waals surface area contributed by atoms with Gasteiger partial charge in [0.05, 0.1) is 12.9 Å². The van der Waals surface area contributed by atoms with E-state index in [0.29, 0.717) is 17.1 Å². The maximum atomic E-state index is 11.6. The molecule has 4 heteroatoms. The predicted octanol–water partition coefficient (Wildman–Crippen LogP) is 2.99. The predicted molar refractivity (Wildman–Crippen MR) is 65.5 cm³/mol. The lowest BCUT2D eigenvalue weighted by Crippen LogP contribution is -1.99. The minimum atomic E-state index is 0.0164. The first kappa shape index (κ1) is 11.1. The molecule has 0 unspecified atom stereocenters. The minimum absolute atomic E-state index is 0.0164. The zero-order valence-electron chi connectivity index (χ0n) is 9.15. The van der Waals surface area contributed by atoms with Crippen LogP contribution in [0.4, 0.5) is 0 Å². The molecule has 0 aliphatic heterocycles. The number of Topliss-reactive ketones (excluding diaryl/α,β-unsaturated/α-hetero) is 1. The SMILES string of the molecule is COc1ccc2cc(C(=O)CSC)oc2c1. The zero-order chi connectivity index (χ0) is 11.5. The monoisotopic (exact) mass is 236 g/mol. The third-order valence-corrected chi connectivity index (χ3v) is 2.83. The Morgan fingerprint density at radius 2 is 2.25 bits per heavy atom. The molecule has 1 aromatic carbocycles. The lowest BCUT2D eigenvalue weighted by Gasteiger charge is -1.96. The van der Waals surface area contributed by atoms with Crippen molar-refractivity contribution in [1.29, 1.82) is 0 Å². The molecular formula is C12H12O3S. The highest BCUT2D eigenvalue weighted by Crippen LogP contribution is 2.24. The number of ketones is 1. The highest BCUT2D eigenvalue weighted by Gasteiger charge is 2.11. The summed E-state index contributed by atoms with van der Waals surface area (Å²) in [6.07, 6.45) is 1.89. The molecule has 0 saturated carbocycles. The molecule has 0 aliphatic carbocycles. The Morgan fingerprint density at radius 3 is 2.94 bits per heavy atom. The van der Waals surface area contributed by atoms with Crippen LogP contribution in [0.5, 0.6) is 5.75 Å². The van der Waals surface area contributed by atoms with Gasteiger partial charge in [0.25, 0.3) is 0 Å². The zero-order valence-corrected chi connectivity index (χ0v) is 9.97. The van der Waals surface area contributed by atoms with E-state index in [1.807, 2.05) is 18.4 Å². The van der Waals surface area contributed by atoms with Crippen LogP contribution in [0, 0.1) is 0 Å². The van der Waals surface area contributed by atoms with E-state index in [4.69, 9.17) is 9.15 Å². The third kappa shape index (κ3) is 2.07. The molecule has 0 amide bonds. The first-order chi connectivity index (χ1) is 7.74. The van der Waals surface area contributed by atoms with Gasteiger partial charge in [-0.25, -0.2) is 0 Å². The van der Waals surface area contributed by atoms with E-state index in [1.165, 1.54) is 11.8 Å². The molecule has 0 fully saturated rings. The highest BCUT2D eigenvalue weighted by atomic mass is 32.2. The number of thioether (sulfide) groups is 1. The Bertz CT molecular complexity index is 516. The van der Waals surface area contributed by atoms with Crippen LogP contribution in [-0.4, -0.2) is 24.9 Å². The Labute approximate surface area is 97.8 Å². The van der Waals surface area contributed by atoms with Gasteiger partial charge in [-0.3, -0.25) is 4.79 Å². The van der Waals surface area contributed by atoms with Gasteiger partial charge in [0, 0.05) is 11.5 Å². The van der Waals surface area contributed by atoms with E-state index in [-0.39, 0.29) is 5.78 Å². The van der Waals surface area contributed by atoms with Crippen molar-refractivity contribution in [3.63, 3.8) is 0 Å². The standard InChI is InChI=1S/C12H12O3S/c1-14-9-4-3-8-5-12(10(13)7-16-2)15-11(8)6-9/h3-6H,7H2,1-2H3. The van der Waals surface area contributed by atoms with E-state index >= 15 is 0 Å². The first-order valence-electron chi connectivity index (χ1n) is 4.84. The van der Waals surface area contributed by atoms with Crippen LogP contribution in [-0.2, 0) is 0 Å². The van der Waals surface area contributed by atoms with Crippen molar-refractivity contribution in [2.75, 3.05) is 19.1 Å². The molecule has 3 nitrogen and oxygen atoms in total. The fourth-order valence-corrected chi connectivity index (χ4v) is 1.88. The molecule has 0 radical (unpaired) electrons. The van der Waals surface area contributed by atoms with Gasteiger partial charge in [-0.05, 0) is 24.5 Å². The largest absolute Gasteiger partial charge is 0.497 e. The number of carbonyl (C=O) groups is 1. The van der Waals surface area contributed by atoms with Crippen molar-refractivity contribution in [3.8, 4) is 5.75 Å². The maximum Gasteiger partial charge on any atom is 0.207 e. The number of furan rings is 1. The van der Waals surface area contributed by atoms with Crippen LogP contribution in [0.3, 0.4) is 0 Å². The highest BCUT2D eigenvalue weighted by molar-refractivity contribution is 7.99. The Balaban J connectivity index is 2.39. The topological polar surface area (TPSA) is 39.4 Å². The smallest absolute Gasteiger partial charge is 0.207 e. The second-order valence-corrected chi connectivity index (χ2v) is 4.24. The van der Waals surface area contributed by atoms with Gasteiger partial charge >= 0.3 is 0 Å². The van der Waals surface area contributed by atoms with Gasteiger partial charge < -0.3 is 9.15 Å². The van der Waals surface area contributed by atoms with Gasteiger partial charge in [0.2, 0.25) is 5.78 Å². The molecule has 0 bridgehead atoms. The number of carbonyl (C=O) groups excluding carboxylic acids is 1. The molecule has 2 aromatic rings. The number of hydrogen-bond acceptors (Lipinski definition) is 4. The van der Waals surface area contributed by atoms with Crippen LogP contribution in [0.1, 0.15) is 10.6 Å². The normalized spacial score (nSPS) is 10.6. The third-order valence-electron chi connectivity index (χ3n) is 2.28. The van der Waals surface area contributed by atoms with Gasteiger partial charge in [-0.15, -0.1) is 0 Å². The first-order valence-corrected chi connectivity index (χ1v) is 6.23. The number of benzene rings is 1. The summed E-state index contributed by atoms with van der Waals surface area (Å²) in [6.45, 7) is 0. The van der Waals surface area contributed by atoms with E-state index < -0.39 is 0 Å². The summed E-state index contributed by atoms with van der Waals surface area (Å²) in [7, 11) is 1.60. The van der Waals surface area contributed by atoms with Crippen LogP contribution in [0.25, 0.3) is 11.0 Å². The molecule has 0 atom stereocenters. The molecule has 0 aliphatic rings. The second-order valence-electron chi connectivity index (χ2n) is 3.37. The van der Waals surface area contributed by atoms with E-state index in [9.17, 15) is 4.79 Å². The summed E-state index contributed by atoms with van der Waals surface area (Å²) >= 11 is 1.49. The Morgan fingerprint density at radius 1 is 1.44 bits per heavy atom. The molecule has 0 spiro atoms. The van der Waals surface area contributed by atoms with Crippen molar-refractivity contribution in [3.05, 3.63) is 30.0 Å². The molecule has 84 valence electrons. The maximum absolute atomic E-state index is 11.6. The van der Waals surface area contributed by atoms with Crippen molar-refractivity contribution in [2.24, 2.45) is 0 Å². The van der Waals surface area contributed by atoms with E-state index in [1.54, 1.807) is 19.2 Å². The summed E-state index contributed by atoms with van der Waals surface area (Å²) < 4.78 is 10.6. The van der Waals surface area contributed by atoms with E-state index in [0.717, 1.165) is 11.1 Å². The van der Waals surface area contributed by atoms with E-state index in [2.05, 4.69) is 0 Å². The lowest BCUT2D eigenvalue weighted by molar-refractivity contribution is 0.0994. The molecule has 1 aromatic heterocycles. The quantitative estimate of drug-likeness (QED) is 0.765. The average Bonchev–Trinajstić information content (AvgIpc) is 2.71.